The molecule has 0 fully saturated rings. The third kappa shape index (κ3) is 2.91. The van der Waals surface area contributed by atoms with Gasteiger partial charge >= 0.3 is 0 Å². The summed E-state index contributed by atoms with van der Waals surface area (Å²) in [6.45, 7) is 0.251. The predicted octanol–water partition coefficient (Wildman–Crippen LogP) is 1.81. The molecule has 1 heterocycles. The Kier molecular flexibility index (Phi) is 4.14. The van der Waals surface area contributed by atoms with Crippen LogP contribution in [0.3, 0.4) is 0 Å². The second-order valence-corrected chi connectivity index (χ2v) is 5.75. The number of carbonyl (C=O) groups excluding carboxylic acids is 1. The molecule has 3 rings (SSSR count). The molecule has 7 heteroatoms. The van der Waals surface area contributed by atoms with Gasteiger partial charge in [-0.2, -0.15) is 0 Å². The van der Waals surface area contributed by atoms with E-state index in [2.05, 4.69) is 0 Å². The fraction of sp³-hybridized carbons (Fsp3) is 0.167. The zero-order chi connectivity index (χ0) is 18.1. The number of carbonyl (C=O) groups is 1. The molecule has 1 aliphatic heterocycles. The van der Waals surface area contributed by atoms with Crippen LogP contribution in [-0.2, 0) is 17.8 Å². The van der Waals surface area contributed by atoms with E-state index in [1.54, 1.807) is 18.2 Å². The molecule has 2 aromatic rings. The lowest BCUT2D eigenvalue weighted by atomic mass is 9.96. The molecule has 7 nitrogen and oxygen atoms in total. The Bertz CT molecular complexity index is 874. The average molecular weight is 343 g/mol. The summed E-state index contributed by atoms with van der Waals surface area (Å²) in [4.78, 5) is 13.8. The smallest absolute Gasteiger partial charge is 0.246 e. The lowest BCUT2D eigenvalue weighted by Crippen LogP contribution is -2.34. The third-order valence-electron chi connectivity index (χ3n) is 4.24. The van der Waals surface area contributed by atoms with Gasteiger partial charge in [-0.15, -0.1) is 0 Å². The number of para-hydroxylation sites is 1. The molecule has 0 unspecified atom stereocenters. The van der Waals surface area contributed by atoms with Crippen LogP contribution >= 0.6 is 0 Å². The molecule has 0 spiro atoms. The highest BCUT2D eigenvalue weighted by Gasteiger charge is 2.29. The van der Waals surface area contributed by atoms with Crippen LogP contribution in [-0.4, -0.2) is 42.9 Å². The van der Waals surface area contributed by atoms with E-state index in [9.17, 15) is 30.3 Å². The SMILES string of the molecule is O=C(/C=C\c1ccccc1O)N1CCc2c(O)c(O)c(O)c(O)c2C1. The fourth-order valence-corrected chi connectivity index (χ4v) is 2.84. The first-order chi connectivity index (χ1) is 11.9. The minimum absolute atomic E-state index is 0.0213. The quantitative estimate of drug-likeness (QED) is 0.322. The predicted molar refractivity (Wildman–Crippen MR) is 89.4 cm³/mol. The normalized spacial score (nSPS) is 13.8. The van der Waals surface area contributed by atoms with Crippen molar-refractivity contribution in [2.24, 2.45) is 0 Å². The molecule has 25 heavy (non-hydrogen) atoms. The number of hydrogen-bond acceptors (Lipinski definition) is 6. The van der Waals surface area contributed by atoms with E-state index in [-0.39, 0.29) is 36.7 Å². The summed E-state index contributed by atoms with van der Waals surface area (Å²) < 4.78 is 0. The number of amides is 1. The second kappa shape index (κ2) is 6.27. The summed E-state index contributed by atoms with van der Waals surface area (Å²) in [5.74, 6) is -2.90. The first-order valence-corrected chi connectivity index (χ1v) is 7.62. The van der Waals surface area contributed by atoms with E-state index in [1.165, 1.54) is 23.1 Å². The molecular weight excluding hydrogens is 326 g/mol. The van der Waals surface area contributed by atoms with Gasteiger partial charge < -0.3 is 30.4 Å². The summed E-state index contributed by atoms with van der Waals surface area (Å²) in [5.41, 5.74) is 1.00. The van der Waals surface area contributed by atoms with Crippen molar-refractivity contribution < 1.29 is 30.3 Å². The number of rotatable bonds is 2. The molecule has 5 N–H and O–H groups in total. The van der Waals surface area contributed by atoms with Crippen molar-refractivity contribution in [3.63, 3.8) is 0 Å². The molecule has 0 radical (unpaired) electrons. The Morgan fingerprint density at radius 1 is 0.920 bits per heavy atom. The molecule has 0 aliphatic carbocycles. The van der Waals surface area contributed by atoms with Gasteiger partial charge in [0, 0.05) is 29.3 Å². The van der Waals surface area contributed by atoms with Crippen molar-refractivity contribution in [3.8, 4) is 28.7 Å². The summed E-state index contributed by atoms with van der Waals surface area (Å²) >= 11 is 0. The minimum atomic E-state index is -0.810. The number of aromatic hydroxyl groups is 5. The fourth-order valence-electron chi connectivity index (χ4n) is 2.84. The zero-order valence-electron chi connectivity index (χ0n) is 13.2. The zero-order valence-corrected chi connectivity index (χ0v) is 13.2. The summed E-state index contributed by atoms with van der Waals surface area (Å²) in [6.07, 6.45) is 3.01. The van der Waals surface area contributed by atoms with Crippen LogP contribution in [0.1, 0.15) is 16.7 Å². The van der Waals surface area contributed by atoms with Crippen LogP contribution in [0, 0.1) is 0 Å². The standard InChI is InChI=1S/C18H17NO6/c20-13-4-2-1-3-10(13)5-6-14(21)19-8-7-11-12(9-19)16(23)18(25)17(24)15(11)22/h1-6,20,22-25H,7-9H2/b6-5-. The Hall–Kier alpha value is -3.35. The topological polar surface area (TPSA) is 121 Å². The molecule has 1 aliphatic rings. The van der Waals surface area contributed by atoms with E-state index in [0.717, 1.165) is 0 Å². The van der Waals surface area contributed by atoms with Gasteiger partial charge in [0.2, 0.25) is 17.4 Å². The van der Waals surface area contributed by atoms with Crippen molar-refractivity contribution in [1.29, 1.82) is 0 Å². The highest BCUT2D eigenvalue weighted by atomic mass is 16.3. The number of benzene rings is 2. The van der Waals surface area contributed by atoms with Gasteiger partial charge in [-0.3, -0.25) is 4.79 Å². The maximum atomic E-state index is 12.3. The van der Waals surface area contributed by atoms with Crippen LogP contribution in [0.15, 0.2) is 30.3 Å². The van der Waals surface area contributed by atoms with Crippen LogP contribution in [0.25, 0.3) is 6.08 Å². The van der Waals surface area contributed by atoms with E-state index in [1.807, 2.05) is 0 Å². The summed E-state index contributed by atoms with van der Waals surface area (Å²) in [6, 6.07) is 6.58. The molecule has 0 saturated carbocycles. The van der Waals surface area contributed by atoms with Gasteiger partial charge in [-0.1, -0.05) is 18.2 Å². The molecule has 0 aromatic heterocycles. The maximum Gasteiger partial charge on any atom is 0.246 e. The largest absolute Gasteiger partial charge is 0.507 e. The Labute approximate surface area is 143 Å². The van der Waals surface area contributed by atoms with Gasteiger partial charge in [-0.05, 0) is 18.6 Å². The number of hydrogen-bond donors (Lipinski definition) is 5. The van der Waals surface area contributed by atoms with Gasteiger partial charge in [0.25, 0.3) is 0 Å². The molecule has 2 aromatic carbocycles. The van der Waals surface area contributed by atoms with Crippen LogP contribution in [0.2, 0.25) is 0 Å². The second-order valence-electron chi connectivity index (χ2n) is 5.75. The Morgan fingerprint density at radius 3 is 2.24 bits per heavy atom. The van der Waals surface area contributed by atoms with Gasteiger partial charge in [0.05, 0.1) is 6.54 Å². The van der Waals surface area contributed by atoms with Crippen molar-refractivity contribution in [2.75, 3.05) is 6.54 Å². The van der Waals surface area contributed by atoms with E-state index in [0.29, 0.717) is 11.1 Å². The van der Waals surface area contributed by atoms with Crippen LogP contribution in [0.4, 0.5) is 0 Å². The van der Waals surface area contributed by atoms with Crippen LogP contribution < -0.4 is 0 Å². The monoisotopic (exact) mass is 343 g/mol. The lowest BCUT2D eigenvalue weighted by Gasteiger charge is -2.29. The highest BCUT2D eigenvalue weighted by molar-refractivity contribution is 5.92. The number of nitrogens with zero attached hydrogens (tertiary/aromatic N) is 1. The molecular formula is C18H17NO6. The summed E-state index contributed by atoms with van der Waals surface area (Å²) in [5, 5.41) is 48.8. The lowest BCUT2D eigenvalue weighted by molar-refractivity contribution is -0.126. The summed E-state index contributed by atoms with van der Waals surface area (Å²) in [7, 11) is 0. The van der Waals surface area contributed by atoms with Crippen molar-refractivity contribution in [3.05, 3.63) is 47.0 Å². The van der Waals surface area contributed by atoms with Gasteiger partial charge in [0.15, 0.2) is 11.5 Å². The minimum Gasteiger partial charge on any atom is -0.507 e. The van der Waals surface area contributed by atoms with Crippen LogP contribution in [0.5, 0.6) is 28.7 Å². The average Bonchev–Trinajstić information content (AvgIpc) is 2.63. The van der Waals surface area contributed by atoms with E-state index < -0.39 is 23.0 Å². The van der Waals surface area contributed by atoms with Crippen molar-refractivity contribution in [2.45, 2.75) is 13.0 Å². The Morgan fingerprint density at radius 2 is 1.56 bits per heavy atom. The molecule has 0 saturated heterocycles. The molecule has 1 amide bonds. The first-order valence-electron chi connectivity index (χ1n) is 7.62. The molecule has 0 atom stereocenters. The molecule has 0 bridgehead atoms. The van der Waals surface area contributed by atoms with Gasteiger partial charge in [-0.25, -0.2) is 0 Å². The molecule has 130 valence electrons. The number of phenols is 5. The van der Waals surface area contributed by atoms with E-state index >= 15 is 0 Å². The first kappa shape index (κ1) is 16.5. The van der Waals surface area contributed by atoms with Crippen molar-refractivity contribution in [1.82, 2.24) is 4.90 Å². The number of phenolic OH excluding ortho intramolecular Hbond substituents is 5. The highest BCUT2D eigenvalue weighted by Crippen LogP contribution is 2.48. The number of fused-ring (bicyclic) bond motifs is 1. The third-order valence-corrected chi connectivity index (χ3v) is 4.24. The van der Waals surface area contributed by atoms with Crippen molar-refractivity contribution >= 4 is 12.0 Å². The van der Waals surface area contributed by atoms with E-state index in [4.69, 9.17) is 0 Å². The van der Waals surface area contributed by atoms with Gasteiger partial charge in [0.1, 0.15) is 5.75 Å². The maximum absolute atomic E-state index is 12.3. The Balaban J connectivity index is 1.83.